The number of methoxy groups -OCH3 is 1. The van der Waals surface area contributed by atoms with E-state index in [1.54, 1.807) is 30.8 Å². The summed E-state index contributed by atoms with van der Waals surface area (Å²) in [4.78, 5) is 59.0. The monoisotopic (exact) mass is 729 g/mol. The van der Waals surface area contributed by atoms with E-state index < -0.39 is 12.1 Å². The Labute approximate surface area is 312 Å². The molecule has 6 atom stereocenters. The highest BCUT2D eigenvalue weighted by molar-refractivity contribution is 8.00. The molecule has 51 heavy (non-hydrogen) atoms. The fraction of sp³-hybridized carbons (Fsp3) is 0.700. The average Bonchev–Trinajstić information content (AvgIpc) is 3.55. The van der Waals surface area contributed by atoms with Crippen LogP contribution in [0.15, 0.2) is 43.0 Å². The van der Waals surface area contributed by atoms with Crippen LogP contribution >= 0.6 is 11.8 Å². The van der Waals surface area contributed by atoms with E-state index in [-0.39, 0.29) is 71.6 Å². The van der Waals surface area contributed by atoms with Crippen molar-refractivity contribution in [1.82, 2.24) is 25.3 Å². The van der Waals surface area contributed by atoms with Crippen LogP contribution in [0.5, 0.6) is 0 Å². The number of carbonyl (C=O) groups excluding carboxylic acids is 4. The Bertz CT molecular complexity index is 1220. The van der Waals surface area contributed by atoms with E-state index in [1.807, 2.05) is 77.9 Å². The van der Waals surface area contributed by atoms with Gasteiger partial charge in [-0.2, -0.15) is 11.8 Å². The Morgan fingerprint density at radius 2 is 1.73 bits per heavy atom. The van der Waals surface area contributed by atoms with Gasteiger partial charge < -0.3 is 20.3 Å². The third kappa shape index (κ3) is 15.0. The molecule has 2 rings (SSSR count). The maximum atomic E-state index is 13.6. The molecule has 0 saturated carbocycles. The number of ether oxygens (including phenoxy) is 1. The molecule has 1 aliphatic rings. The summed E-state index contributed by atoms with van der Waals surface area (Å²) in [7, 11) is 7.00. The molecule has 1 aromatic carbocycles. The second kappa shape index (κ2) is 23.0. The van der Waals surface area contributed by atoms with Crippen molar-refractivity contribution in [3.8, 4) is 0 Å². The third-order valence-electron chi connectivity index (χ3n) is 9.94. The quantitative estimate of drug-likeness (QED) is 0.148. The molecule has 1 fully saturated rings. The Kier molecular flexibility index (Phi) is 20.1. The van der Waals surface area contributed by atoms with Crippen molar-refractivity contribution in [2.45, 2.75) is 103 Å². The summed E-state index contributed by atoms with van der Waals surface area (Å²) in [5.74, 6) is 0.400. The summed E-state index contributed by atoms with van der Waals surface area (Å²) in [6.45, 7) is 16.3. The predicted octanol–water partition coefficient (Wildman–Crippen LogP) is 4.67. The highest BCUT2D eigenvalue weighted by Crippen LogP contribution is 2.31. The lowest BCUT2D eigenvalue weighted by molar-refractivity contribution is -0.140. The fourth-order valence-corrected chi connectivity index (χ4v) is 8.16. The van der Waals surface area contributed by atoms with Gasteiger partial charge in [-0.1, -0.05) is 71.0 Å². The van der Waals surface area contributed by atoms with Crippen molar-refractivity contribution in [1.29, 1.82) is 0 Å². The zero-order valence-electron chi connectivity index (χ0n) is 32.9. The third-order valence-corrected chi connectivity index (χ3v) is 11.3. The van der Waals surface area contributed by atoms with E-state index in [4.69, 9.17) is 4.74 Å². The molecule has 11 heteroatoms. The molecule has 1 saturated heterocycles. The maximum absolute atomic E-state index is 13.6. The van der Waals surface area contributed by atoms with Crippen molar-refractivity contribution in [2.75, 3.05) is 60.2 Å². The lowest BCUT2D eigenvalue weighted by atomic mass is 9.96. The topological polar surface area (TPSA) is 111 Å². The van der Waals surface area contributed by atoms with Gasteiger partial charge in [-0.3, -0.25) is 29.0 Å². The first kappa shape index (κ1) is 44.4. The number of amides is 3. The predicted molar refractivity (Wildman–Crippen MR) is 210 cm³/mol. The van der Waals surface area contributed by atoms with Crippen molar-refractivity contribution < 1.29 is 23.9 Å². The number of Topliss-reactive ketones (excluding diaryl/α,β-unsaturated/α-hetero) is 1. The van der Waals surface area contributed by atoms with Gasteiger partial charge in [-0.15, -0.1) is 6.58 Å². The van der Waals surface area contributed by atoms with Gasteiger partial charge >= 0.3 is 0 Å². The van der Waals surface area contributed by atoms with Crippen molar-refractivity contribution in [3.63, 3.8) is 0 Å². The fourth-order valence-electron chi connectivity index (χ4n) is 6.98. The average molecular weight is 730 g/mol. The van der Waals surface area contributed by atoms with Crippen LogP contribution < -0.4 is 10.6 Å². The maximum Gasteiger partial charge on any atom is 0.245 e. The molecule has 6 unspecified atom stereocenters. The summed E-state index contributed by atoms with van der Waals surface area (Å²) >= 11 is 1.79. The highest BCUT2D eigenvalue weighted by Gasteiger charge is 2.35. The lowest BCUT2D eigenvalue weighted by Gasteiger charge is -2.33. The van der Waals surface area contributed by atoms with E-state index in [0.29, 0.717) is 19.4 Å². The molecule has 1 heterocycles. The molecule has 0 aromatic heterocycles. The second-order valence-corrected chi connectivity index (χ2v) is 16.3. The van der Waals surface area contributed by atoms with Crippen LogP contribution in [0.4, 0.5) is 0 Å². The molecular weight excluding hydrogens is 663 g/mol. The zero-order valence-corrected chi connectivity index (χ0v) is 33.7. The molecule has 0 spiro atoms. The first-order valence-corrected chi connectivity index (χ1v) is 19.8. The number of thioether (sulfide) groups is 1. The molecule has 1 aromatic rings. The van der Waals surface area contributed by atoms with Crippen LogP contribution in [0.2, 0.25) is 0 Å². The molecule has 0 bridgehead atoms. The number of likely N-dealkylation sites (tertiary alicyclic amines) is 1. The summed E-state index contributed by atoms with van der Waals surface area (Å²) in [6.07, 6.45) is 5.73. The minimum absolute atomic E-state index is 0.0763. The number of ketones is 1. The summed E-state index contributed by atoms with van der Waals surface area (Å²) < 4.78 is 5.70. The number of carbonyl (C=O) groups is 4. The number of benzene rings is 1. The number of rotatable bonds is 24. The molecule has 0 aliphatic carbocycles. The Balaban J connectivity index is 1.93. The Morgan fingerprint density at radius 1 is 1.04 bits per heavy atom. The van der Waals surface area contributed by atoms with Gasteiger partial charge in [0.1, 0.15) is 11.8 Å². The van der Waals surface area contributed by atoms with Gasteiger partial charge in [0.2, 0.25) is 17.7 Å². The van der Waals surface area contributed by atoms with Crippen LogP contribution in [-0.2, 0) is 30.3 Å². The van der Waals surface area contributed by atoms with Gasteiger partial charge in [0.05, 0.1) is 12.1 Å². The van der Waals surface area contributed by atoms with Crippen LogP contribution in [0.3, 0.4) is 0 Å². The number of nitrogens with zero attached hydrogens (tertiary/aromatic N) is 3. The number of hydrogen-bond donors (Lipinski definition) is 2. The van der Waals surface area contributed by atoms with E-state index >= 15 is 0 Å². The van der Waals surface area contributed by atoms with Crippen molar-refractivity contribution in [2.24, 2.45) is 17.8 Å². The van der Waals surface area contributed by atoms with Gasteiger partial charge in [-0.25, -0.2) is 0 Å². The minimum Gasteiger partial charge on any atom is -0.379 e. The van der Waals surface area contributed by atoms with E-state index in [0.717, 1.165) is 38.1 Å². The van der Waals surface area contributed by atoms with E-state index in [1.165, 1.54) is 5.56 Å². The first-order valence-electron chi connectivity index (χ1n) is 18.7. The van der Waals surface area contributed by atoms with Crippen LogP contribution in [0.1, 0.15) is 72.3 Å². The molecule has 3 amide bonds. The Morgan fingerprint density at radius 3 is 2.31 bits per heavy atom. The summed E-state index contributed by atoms with van der Waals surface area (Å²) in [5, 5.41) is 6.26. The number of likely N-dealkylation sites (N-methyl/N-ethyl adjacent to an activating group) is 2. The molecule has 2 N–H and O–H groups in total. The first-order chi connectivity index (χ1) is 24.2. The smallest absolute Gasteiger partial charge is 0.245 e. The van der Waals surface area contributed by atoms with Crippen molar-refractivity contribution >= 4 is 35.3 Å². The van der Waals surface area contributed by atoms with Crippen molar-refractivity contribution in [3.05, 3.63) is 48.6 Å². The highest BCUT2D eigenvalue weighted by atomic mass is 32.2. The molecular formula is C40H67N5O5S. The normalized spacial score (nSPS) is 17.9. The standard InChI is InChI=1S/C40H67N5O5S/c1-11-24-51-35(26-36(47)41-21-19-31-16-13-12-14-17-31)33-18-15-22-45(33)23-20-30(6)34(46)25-32(50-10)27-44(9)40(49)37(28(2)3)42-39(48)38(29(4)5)43(7)8/h11-14,16-17,28-30,32-33,35,37-38H,1,15,18-27H2,2-10H3,(H,41,47)(H,42,48). The van der Waals surface area contributed by atoms with Gasteiger partial charge in [0.15, 0.2) is 0 Å². The van der Waals surface area contributed by atoms with Crippen LogP contribution in [0.25, 0.3) is 0 Å². The lowest BCUT2D eigenvalue weighted by Crippen LogP contribution is -2.56. The van der Waals surface area contributed by atoms with Gasteiger partial charge in [-0.05, 0) is 70.3 Å². The zero-order chi connectivity index (χ0) is 38.1. The molecule has 0 radical (unpaired) electrons. The summed E-state index contributed by atoms with van der Waals surface area (Å²) in [6, 6.07) is 9.42. The largest absolute Gasteiger partial charge is 0.379 e. The van der Waals surface area contributed by atoms with E-state index in [2.05, 4.69) is 34.2 Å². The molecule has 1 aliphatic heterocycles. The SMILES string of the molecule is C=CCSC(CC(=O)NCCc1ccccc1)C1CCCN1CCC(C)C(=O)CC(CN(C)C(=O)C(NC(=O)C(C(C)C)N(C)C)C(C)C)OC. The van der Waals surface area contributed by atoms with Crippen LogP contribution in [-0.4, -0.2) is 128 Å². The molecule has 288 valence electrons. The number of nitrogens with one attached hydrogen (secondary N) is 2. The van der Waals surface area contributed by atoms with Crippen LogP contribution in [0, 0.1) is 17.8 Å². The van der Waals surface area contributed by atoms with Gasteiger partial charge in [0, 0.05) is 63.1 Å². The molecule has 10 nitrogen and oxygen atoms in total. The summed E-state index contributed by atoms with van der Waals surface area (Å²) in [5.41, 5.74) is 1.21. The number of hydrogen-bond acceptors (Lipinski definition) is 8. The van der Waals surface area contributed by atoms with E-state index in [9.17, 15) is 19.2 Å². The Hall–Kier alpha value is -2.73. The minimum atomic E-state index is -0.682. The van der Waals surface area contributed by atoms with Gasteiger partial charge in [0.25, 0.3) is 0 Å². The second-order valence-electron chi connectivity index (χ2n) is 15.0.